The second-order valence-electron chi connectivity index (χ2n) is 6.31. The summed E-state index contributed by atoms with van der Waals surface area (Å²) in [6.07, 6.45) is 2.29. The highest BCUT2D eigenvalue weighted by molar-refractivity contribution is 9.10. The molecule has 1 aliphatic rings. The fraction of sp³-hybridized carbons (Fsp3) is 0.647. The van der Waals surface area contributed by atoms with Gasteiger partial charge in [0.15, 0.2) is 0 Å². The molecule has 1 aromatic rings. The van der Waals surface area contributed by atoms with Gasteiger partial charge in [0.25, 0.3) is 0 Å². The van der Waals surface area contributed by atoms with Crippen molar-refractivity contribution >= 4 is 15.9 Å². The van der Waals surface area contributed by atoms with Gasteiger partial charge in [-0.05, 0) is 48.9 Å². The van der Waals surface area contributed by atoms with Gasteiger partial charge in [-0.2, -0.15) is 0 Å². The molecule has 0 aromatic heterocycles. The van der Waals surface area contributed by atoms with Crippen LogP contribution in [0, 0.1) is 11.8 Å². The van der Waals surface area contributed by atoms with E-state index in [0.717, 1.165) is 35.8 Å². The standard InChI is InChI=1S/C17H27BrN2/c1-4-16(19)17(14-6-5-7-15(18)10-14)20-9-8-12(2)13(3)11-20/h5-7,10,12-13,16-17H,4,8-9,11,19H2,1-3H3. The molecule has 2 N–H and O–H groups in total. The Balaban J connectivity index is 2.24. The van der Waals surface area contributed by atoms with Crippen LogP contribution in [0.25, 0.3) is 0 Å². The van der Waals surface area contributed by atoms with Gasteiger partial charge in [0.1, 0.15) is 0 Å². The van der Waals surface area contributed by atoms with E-state index in [1.165, 1.54) is 12.0 Å². The lowest BCUT2D eigenvalue weighted by molar-refractivity contribution is 0.0816. The van der Waals surface area contributed by atoms with Gasteiger partial charge in [-0.25, -0.2) is 0 Å². The Kier molecular flexibility index (Phi) is 5.65. The van der Waals surface area contributed by atoms with E-state index in [2.05, 4.69) is 65.9 Å². The molecule has 1 aliphatic heterocycles. The molecular weight excluding hydrogens is 312 g/mol. The van der Waals surface area contributed by atoms with Gasteiger partial charge in [0.2, 0.25) is 0 Å². The molecule has 4 atom stereocenters. The number of hydrogen-bond acceptors (Lipinski definition) is 2. The molecule has 1 saturated heterocycles. The predicted octanol–water partition coefficient (Wildman–Crippen LogP) is 4.21. The molecule has 1 aromatic carbocycles. The molecule has 4 unspecified atom stereocenters. The third-order valence-electron chi connectivity index (χ3n) is 4.83. The van der Waals surface area contributed by atoms with E-state index < -0.39 is 0 Å². The molecule has 0 aliphatic carbocycles. The summed E-state index contributed by atoms with van der Waals surface area (Å²) in [5.74, 6) is 1.58. The van der Waals surface area contributed by atoms with Crippen molar-refractivity contribution in [2.75, 3.05) is 13.1 Å². The van der Waals surface area contributed by atoms with Gasteiger partial charge in [0.05, 0.1) is 0 Å². The van der Waals surface area contributed by atoms with Crippen LogP contribution in [0.4, 0.5) is 0 Å². The molecule has 0 radical (unpaired) electrons. The molecular formula is C17H27BrN2. The Morgan fingerprint density at radius 2 is 2.10 bits per heavy atom. The largest absolute Gasteiger partial charge is 0.326 e. The minimum absolute atomic E-state index is 0.199. The van der Waals surface area contributed by atoms with E-state index in [1.807, 2.05) is 0 Å². The number of piperidine rings is 1. The zero-order valence-corrected chi connectivity index (χ0v) is 14.4. The van der Waals surface area contributed by atoms with Gasteiger partial charge < -0.3 is 5.73 Å². The lowest BCUT2D eigenvalue weighted by Gasteiger charge is -2.42. The topological polar surface area (TPSA) is 29.3 Å². The normalized spacial score (nSPS) is 27.2. The summed E-state index contributed by atoms with van der Waals surface area (Å²) in [5, 5.41) is 0. The lowest BCUT2D eigenvalue weighted by atomic mass is 9.85. The number of halogens is 1. The molecule has 0 saturated carbocycles. The lowest BCUT2D eigenvalue weighted by Crippen LogP contribution is -2.47. The highest BCUT2D eigenvalue weighted by atomic mass is 79.9. The van der Waals surface area contributed by atoms with E-state index in [0.29, 0.717) is 6.04 Å². The average Bonchev–Trinajstić information content (AvgIpc) is 2.43. The van der Waals surface area contributed by atoms with Gasteiger partial charge in [-0.1, -0.05) is 48.8 Å². The van der Waals surface area contributed by atoms with Crippen LogP contribution < -0.4 is 5.73 Å². The summed E-state index contributed by atoms with van der Waals surface area (Å²) < 4.78 is 1.14. The van der Waals surface area contributed by atoms with E-state index >= 15 is 0 Å². The van der Waals surface area contributed by atoms with E-state index in [4.69, 9.17) is 5.73 Å². The van der Waals surface area contributed by atoms with Crippen molar-refractivity contribution in [3.8, 4) is 0 Å². The zero-order valence-electron chi connectivity index (χ0n) is 12.8. The maximum absolute atomic E-state index is 6.45. The predicted molar refractivity (Wildman–Crippen MR) is 89.7 cm³/mol. The minimum Gasteiger partial charge on any atom is -0.326 e. The molecule has 20 heavy (non-hydrogen) atoms. The van der Waals surface area contributed by atoms with Crippen molar-refractivity contribution in [3.05, 3.63) is 34.3 Å². The summed E-state index contributed by atoms with van der Waals surface area (Å²) in [4.78, 5) is 2.60. The quantitative estimate of drug-likeness (QED) is 0.891. The van der Waals surface area contributed by atoms with Gasteiger partial charge >= 0.3 is 0 Å². The van der Waals surface area contributed by atoms with Crippen LogP contribution in [0.2, 0.25) is 0 Å². The monoisotopic (exact) mass is 338 g/mol. The zero-order chi connectivity index (χ0) is 14.7. The molecule has 1 heterocycles. The summed E-state index contributed by atoms with van der Waals surface area (Å²) in [5.41, 5.74) is 7.80. The third-order valence-corrected chi connectivity index (χ3v) is 5.32. The highest BCUT2D eigenvalue weighted by Gasteiger charge is 2.31. The van der Waals surface area contributed by atoms with Crippen molar-refractivity contribution in [2.24, 2.45) is 17.6 Å². The maximum Gasteiger partial charge on any atom is 0.0499 e. The van der Waals surface area contributed by atoms with Crippen LogP contribution in [-0.4, -0.2) is 24.0 Å². The molecule has 0 spiro atoms. The van der Waals surface area contributed by atoms with Crippen LogP contribution in [0.15, 0.2) is 28.7 Å². The summed E-state index contributed by atoms with van der Waals surface area (Å²) in [7, 11) is 0. The van der Waals surface area contributed by atoms with Crippen LogP contribution in [0.1, 0.15) is 45.2 Å². The van der Waals surface area contributed by atoms with Crippen molar-refractivity contribution in [3.63, 3.8) is 0 Å². The Morgan fingerprint density at radius 3 is 2.70 bits per heavy atom. The molecule has 0 bridgehead atoms. The minimum atomic E-state index is 0.199. The van der Waals surface area contributed by atoms with Crippen LogP contribution >= 0.6 is 15.9 Å². The highest BCUT2D eigenvalue weighted by Crippen LogP contribution is 2.33. The van der Waals surface area contributed by atoms with Crippen molar-refractivity contribution in [1.82, 2.24) is 4.90 Å². The smallest absolute Gasteiger partial charge is 0.0499 e. The fourth-order valence-electron chi connectivity index (χ4n) is 3.19. The van der Waals surface area contributed by atoms with E-state index in [9.17, 15) is 0 Å². The summed E-state index contributed by atoms with van der Waals surface area (Å²) in [6.45, 7) is 9.25. The Hall–Kier alpha value is -0.380. The van der Waals surface area contributed by atoms with Gasteiger partial charge in [0, 0.05) is 23.1 Å². The first kappa shape index (κ1) is 16.0. The first-order valence-electron chi connectivity index (χ1n) is 7.78. The van der Waals surface area contributed by atoms with Crippen LogP contribution in [0.3, 0.4) is 0 Å². The molecule has 2 rings (SSSR count). The van der Waals surface area contributed by atoms with Crippen LogP contribution in [-0.2, 0) is 0 Å². The number of likely N-dealkylation sites (tertiary alicyclic amines) is 1. The fourth-order valence-corrected chi connectivity index (χ4v) is 3.61. The summed E-state index contributed by atoms with van der Waals surface area (Å²) >= 11 is 3.59. The molecule has 3 heteroatoms. The number of benzene rings is 1. The van der Waals surface area contributed by atoms with Crippen LogP contribution in [0.5, 0.6) is 0 Å². The second kappa shape index (κ2) is 7.06. The molecule has 112 valence electrons. The summed E-state index contributed by atoms with van der Waals surface area (Å²) in [6, 6.07) is 9.18. The number of nitrogens with two attached hydrogens (primary N) is 1. The van der Waals surface area contributed by atoms with Gasteiger partial charge in [-0.15, -0.1) is 0 Å². The number of rotatable bonds is 4. The Labute approximate surface area is 131 Å². The van der Waals surface area contributed by atoms with E-state index in [-0.39, 0.29) is 6.04 Å². The van der Waals surface area contributed by atoms with Crippen molar-refractivity contribution in [2.45, 2.75) is 45.7 Å². The SMILES string of the molecule is CCC(N)C(c1cccc(Br)c1)N1CCC(C)C(C)C1. The molecule has 0 amide bonds. The maximum atomic E-state index is 6.45. The van der Waals surface area contributed by atoms with E-state index in [1.54, 1.807) is 0 Å². The first-order valence-corrected chi connectivity index (χ1v) is 8.57. The molecule has 1 fully saturated rings. The molecule has 2 nitrogen and oxygen atoms in total. The number of hydrogen-bond donors (Lipinski definition) is 1. The second-order valence-corrected chi connectivity index (χ2v) is 7.23. The van der Waals surface area contributed by atoms with Crippen molar-refractivity contribution < 1.29 is 0 Å². The van der Waals surface area contributed by atoms with Crippen molar-refractivity contribution in [1.29, 1.82) is 0 Å². The third kappa shape index (κ3) is 3.63. The average molecular weight is 339 g/mol. The number of nitrogens with zero attached hydrogens (tertiary/aromatic N) is 1. The Morgan fingerprint density at radius 1 is 1.35 bits per heavy atom. The first-order chi connectivity index (χ1) is 9.52. The Bertz CT molecular complexity index is 435. The van der Waals surface area contributed by atoms with Gasteiger partial charge in [-0.3, -0.25) is 4.90 Å².